The van der Waals surface area contributed by atoms with Gasteiger partial charge in [-0.05, 0) is 44.1 Å². The first-order valence-electron chi connectivity index (χ1n) is 6.85. The molecule has 7 heteroatoms. The summed E-state index contributed by atoms with van der Waals surface area (Å²) in [6, 6.07) is 5.29. The molecule has 0 amide bonds. The average Bonchev–Trinajstić information content (AvgIpc) is 2.74. The lowest BCUT2D eigenvalue weighted by atomic mass is 9.92. The van der Waals surface area contributed by atoms with Crippen molar-refractivity contribution in [3.63, 3.8) is 0 Å². The van der Waals surface area contributed by atoms with E-state index in [9.17, 15) is 8.42 Å². The van der Waals surface area contributed by atoms with Crippen molar-refractivity contribution in [3.8, 4) is 0 Å². The molecule has 0 bridgehead atoms. The van der Waals surface area contributed by atoms with E-state index >= 15 is 0 Å². The molecule has 5 nitrogen and oxygen atoms in total. The van der Waals surface area contributed by atoms with Gasteiger partial charge in [-0.15, -0.1) is 0 Å². The topological polar surface area (TPSA) is 64.1 Å². The van der Waals surface area contributed by atoms with Crippen molar-refractivity contribution < 1.29 is 13.2 Å². The highest BCUT2D eigenvalue weighted by atomic mass is 32.2. The molecule has 114 valence electrons. The molecule has 0 atom stereocenters. The lowest BCUT2D eigenvalue weighted by Gasteiger charge is -2.35. The highest BCUT2D eigenvalue weighted by Gasteiger charge is 2.32. The summed E-state index contributed by atoms with van der Waals surface area (Å²) in [5.74, 6) is 0. The van der Waals surface area contributed by atoms with E-state index in [1.54, 1.807) is 12.1 Å². The van der Waals surface area contributed by atoms with Crippen LogP contribution >= 0.6 is 12.2 Å². The number of aromatic nitrogens is 2. The Morgan fingerprint density at radius 3 is 2.62 bits per heavy atom. The second-order valence-electron chi connectivity index (χ2n) is 5.80. The fourth-order valence-corrected chi connectivity index (χ4v) is 4.26. The molecule has 2 heterocycles. The number of aromatic amines is 1. The number of ether oxygens (including phenoxy) is 1. The number of hydrogen-bond donors (Lipinski definition) is 1. The number of fused-ring (bicyclic) bond motifs is 1. The van der Waals surface area contributed by atoms with Crippen LogP contribution in [0, 0.1) is 4.77 Å². The zero-order valence-corrected chi connectivity index (χ0v) is 13.7. The number of H-pyrrole nitrogens is 1. The van der Waals surface area contributed by atoms with Gasteiger partial charge in [-0.25, -0.2) is 8.42 Å². The van der Waals surface area contributed by atoms with Gasteiger partial charge in [-0.1, -0.05) is 6.07 Å². The molecule has 1 N–H and O–H groups in total. The van der Waals surface area contributed by atoms with E-state index in [4.69, 9.17) is 17.0 Å². The number of hydrogen-bond acceptors (Lipinski definition) is 4. The van der Waals surface area contributed by atoms with Gasteiger partial charge in [0.25, 0.3) is 0 Å². The largest absolute Gasteiger partial charge is 0.381 e. The van der Waals surface area contributed by atoms with Crippen LogP contribution in [0.1, 0.15) is 19.8 Å². The minimum Gasteiger partial charge on any atom is -0.381 e. The quantitative estimate of drug-likeness (QED) is 0.862. The van der Waals surface area contributed by atoms with Crippen LogP contribution in [0.2, 0.25) is 0 Å². The fourth-order valence-electron chi connectivity index (χ4n) is 2.98. The Morgan fingerprint density at radius 2 is 2.00 bits per heavy atom. The van der Waals surface area contributed by atoms with E-state index < -0.39 is 9.84 Å². The van der Waals surface area contributed by atoms with Gasteiger partial charge in [0.2, 0.25) is 0 Å². The summed E-state index contributed by atoms with van der Waals surface area (Å²) in [4.78, 5) is 3.37. The van der Waals surface area contributed by atoms with Crippen molar-refractivity contribution in [2.75, 3.05) is 19.5 Å². The third-order valence-electron chi connectivity index (χ3n) is 4.19. The monoisotopic (exact) mass is 326 g/mol. The molecule has 1 saturated heterocycles. The summed E-state index contributed by atoms with van der Waals surface area (Å²) in [5, 5.41) is 0. The number of para-hydroxylation sites is 1. The maximum Gasteiger partial charge on any atom is 0.178 e. The first kappa shape index (κ1) is 14.7. The molecule has 3 rings (SSSR count). The van der Waals surface area contributed by atoms with Gasteiger partial charge in [0.1, 0.15) is 0 Å². The molecular weight excluding hydrogens is 308 g/mol. The van der Waals surface area contributed by atoms with Crippen LogP contribution in [0.4, 0.5) is 0 Å². The standard InChI is InChI=1S/C14H18N2O3S2/c1-14(6-8-19-9-7-14)16-10-4-3-5-11(21(2,17)18)12(10)15-13(16)20/h3-5H,6-9H2,1-2H3,(H,15,20). The Bertz CT molecular complexity index is 843. The molecule has 0 saturated carbocycles. The number of rotatable bonds is 2. The summed E-state index contributed by atoms with van der Waals surface area (Å²) in [7, 11) is -3.30. The summed E-state index contributed by atoms with van der Waals surface area (Å²) in [5.41, 5.74) is 1.29. The van der Waals surface area contributed by atoms with Gasteiger partial charge in [-0.3, -0.25) is 0 Å². The van der Waals surface area contributed by atoms with Crippen LogP contribution in [0.25, 0.3) is 11.0 Å². The van der Waals surface area contributed by atoms with Gasteiger partial charge in [0.15, 0.2) is 14.6 Å². The van der Waals surface area contributed by atoms with Crippen molar-refractivity contribution >= 4 is 33.1 Å². The molecule has 1 aromatic heterocycles. The lowest BCUT2D eigenvalue weighted by Crippen LogP contribution is -2.36. The normalized spacial score (nSPS) is 19.0. The second kappa shape index (κ2) is 4.93. The Hall–Kier alpha value is -1.18. The van der Waals surface area contributed by atoms with Crippen LogP contribution in [0.3, 0.4) is 0 Å². The lowest BCUT2D eigenvalue weighted by molar-refractivity contribution is 0.0306. The van der Waals surface area contributed by atoms with Gasteiger partial charge in [0.05, 0.1) is 15.9 Å². The van der Waals surface area contributed by atoms with Crippen molar-refractivity contribution in [3.05, 3.63) is 23.0 Å². The number of nitrogens with one attached hydrogen (secondary N) is 1. The molecule has 21 heavy (non-hydrogen) atoms. The van der Waals surface area contributed by atoms with Gasteiger partial charge >= 0.3 is 0 Å². The molecule has 0 aliphatic carbocycles. The van der Waals surface area contributed by atoms with E-state index in [-0.39, 0.29) is 5.54 Å². The SMILES string of the molecule is CC1(n2c(=S)[nH]c3c(S(C)(=O)=O)cccc32)CCOCC1. The molecule has 0 spiro atoms. The Kier molecular flexibility index (Phi) is 3.46. The highest BCUT2D eigenvalue weighted by molar-refractivity contribution is 7.91. The van der Waals surface area contributed by atoms with Crippen molar-refractivity contribution in [1.82, 2.24) is 9.55 Å². The molecule has 1 fully saturated rings. The average molecular weight is 326 g/mol. The van der Waals surface area contributed by atoms with Crippen molar-refractivity contribution in [1.29, 1.82) is 0 Å². The zero-order chi connectivity index (χ0) is 15.3. The highest BCUT2D eigenvalue weighted by Crippen LogP contribution is 2.34. The molecular formula is C14H18N2O3S2. The van der Waals surface area contributed by atoms with Crippen LogP contribution in [-0.2, 0) is 20.1 Å². The maximum atomic E-state index is 11.9. The molecule has 0 unspecified atom stereocenters. The Labute approximate surface area is 128 Å². The van der Waals surface area contributed by atoms with E-state index in [0.717, 1.165) is 18.4 Å². The Balaban J connectivity index is 2.31. The number of nitrogens with zero attached hydrogens (tertiary/aromatic N) is 1. The van der Waals surface area contributed by atoms with Gasteiger partial charge in [0, 0.05) is 25.0 Å². The minimum atomic E-state index is -3.30. The summed E-state index contributed by atoms with van der Waals surface area (Å²) in [6.07, 6.45) is 2.93. The maximum absolute atomic E-state index is 11.9. The van der Waals surface area contributed by atoms with E-state index in [1.807, 2.05) is 6.07 Å². The Morgan fingerprint density at radius 1 is 1.33 bits per heavy atom. The van der Waals surface area contributed by atoms with Crippen molar-refractivity contribution in [2.24, 2.45) is 0 Å². The van der Waals surface area contributed by atoms with Crippen molar-refractivity contribution in [2.45, 2.75) is 30.2 Å². The molecule has 2 aromatic rings. The molecule has 0 radical (unpaired) electrons. The molecule has 1 aliphatic heterocycles. The zero-order valence-electron chi connectivity index (χ0n) is 12.0. The smallest absolute Gasteiger partial charge is 0.178 e. The van der Waals surface area contributed by atoms with E-state index in [0.29, 0.717) is 28.4 Å². The molecule has 1 aliphatic rings. The minimum absolute atomic E-state index is 0.149. The van der Waals surface area contributed by atoms with Gasteiger partial charge < -0.3 is 14.3 Å². The van der Waals surface area contributed by atoms with E-state index in [1.165, 1.54) is 6.26 Å². The first-order valence-corrected chi connectivity index (χ1v) is 9.15. The molecule has 1 aromatic carbocycles. The predicted molar refractivity (Wildman–Crippen MR) is 83.9 cm³/mol. The van der Waals surface area contributed by atoms with E-state index in [2.05, 4.69) is 16.5 Å². The van der Waals surface area contributed by atoms with Crippen LogP contribution in [-0.4, -0.2) is 37.4 Å². The predicted octanol–water partition coefficient (Wildman–Crippen LogP) is 2.63. The summed E-state index contributed by atoms with van der Waals surface area (Å²) in [6.45, 7) is 3.53. The number of sulfone groups is 1. The number of imidazole rings is 1. The summed E-state index contributed by atoms with van der Waals surface area (Å²) >= 11 is 5.46. The third kappa shape index (κ3) is 2.43. The van der Waals surface area contributed by atoms with Crippen LogP contribution < -0.4 is 0 Å². The van der Waals surface area contributed by atoms with Crippen LogP contribution in [0.5, 0.6) is 0 Å². The first-order chi connectivity index (χ1) is 9.83. The summed E-state index contributed by atoms with van der Waals surface area (Å²) < 4.78 is 31.9. The third-order valence-corrected chi connectivity index (χ3v) is 5.61. The van der Waals surface area contributed by atoms with Crippen LogP contribution in [0.15, 0.2) is 23.1 Å². The fraction of sp³-hybridized carbons (Fsp3) is 0.500. The van der Waals surface area contributed by atoms with Gasteiger partial charge in [-0.2, -0.15) is 0 Å². The second-order valence-corrected chi connectivity index (χ2v) is 8.17. The number of benzene rings is 1.